The Morgan fingerprint density at radius 2 is 2.00 bits per heavy atom. The van der Waals surface area contributed by atoms with E-state index in [1.165, 1.54) is 5.56 Å². The molecule has 1 aliphatic rings. The van der Waals surface area contributed by atoms with Gasteiger partial charge in [-0.05, 0) is 23.1 Å². The second-order valence-corrected chi connectivity index (χ2v) is 6.06. The normalized spacial score (nSPS) is 20.2. The van der Waals surface area contributed by atoms with Gasteiger partial charge in [0, 0.05) is 11.5 Å². The van der Waals surface area contributed by atoms with Crippen molar-refractivity contribution in [3.05, 3.63) is 65.2 Å². The fourth-order valence-corrected chi connectivity index (χ4v) is 3.16. The number of rotatable bonds is 4. The molecule has 0 saturated heterocycles. The van der Waals surface area contributed by atoms with Crippen LogP contribution in [0.2, 0.25) is 0 Å². The number of hydrogen-bond donors (Lipinski definition) is 2. The zero-order valence-corrected chi connectivity index (χ0v) is 16.0. The van der Waals surface area contributed by atoms with Crippen molar-refractivity contribution in [2.75, 3.05) is 6.61 Å². The number of aliphatic carboxylic acids is 1. The minimum absolute atomic E-state index is 0. The van der Waals surface area contributed by atoms with Gasteiger partial charge in [0.25, 0.3) is 0 Å². The molecule has 0 radical (unpaired) electrons. The van der Waals surface area contributed by atoms with Crippen LogP contribution in [0.1, 0.15) is 37.1 Å². The predicted molar refractivity (Wildman–Crippen MR) is 87.7 cm³/mol. The predicted octanol–water partition coefficient (Wildman–Crippen LogP) is 0.276. The minimum Gasteiger partial charge on any atom is -1.00 e. The molecule has 1 heterocycles. The summed E-state index contributed by atoms with van der Waals surface area (Å²) in [4.78, 5) is 10.8. The molecule has 3 atom stereocenters. The molecule has 0 fully saturated rings. The molecule has 0 amide bonds. The molecule has 3 unspecified atom stereocenters. The molecular formula is C19H21NaO4. The number of hydrogen-bond acceptors (Lipinski definition) is 3. The quantitative estimate of drug-likeness (QED) is 0.787. The van der Waals surface area contributed by atoms with Gasteiger partial charge in [0.1, 0.15) is 5.75 Å². The van der Waals surface area contributed by atoms with Crippen LogP contribution >= 0.6 is 0 Å². The van der Waals surface area contributed by atoms with Crippen LogP contribution in [0.5, 0.6) is 5.75 Å². The van der Waals surface area contributed by atoms with Gasteiger partial charge >= 0.3 is 35.5 Å². The molecule has 0 saturated carbocycles. The molecule has 24 heavy (non-hydrogen) atoms. The van der Waals surface area contributed by atoms with Crippen LogP contribution in [0.4, 0.5) is 0 Å². The Bertz CT molecular complexity index is 708. The molecule has 1 aliphatic heterocycles. The first-order valence-electron chi connectivity index (χ1n) is 7.76. The van der Waals surface area contributed by atoms with Gasteiger partial charge in [0.05, 0.1) is 19.1 Å². The van der Waals surface area contributed by atoms with E-state index in [2.05, 4.69) is 19.1 Å². The first-order valence-corrected chi connectivity index (χ1v) is 7.76. The van der Waals surface area contributed by atoms with E-state index in [-0.39, 0.29) is 49.2 Å². The first-order chi connectivity index (χ1) is 11.1. The van der Waals surface area contributed by atoms with Gasteiger partial charge in [-0.15, -0.1) is 0 Å². The van der Waals surface area contributed by atoms with E-state index in [1.807, 2.05) is 18.2 Å². The minimum atomic E-state index is -0.878. The van der Waals surface area contributed by atoms with Crippen molar-refractivity contribution >= 4 is 5.97 Å². The topological polar surface area (TPSA) is 66.8 Å². The molecule has 0 bridgehead atoms. The van der Waals surface area contributed by atoms with E-state index >= 15 is 0 Å². The second-order valence-electron chi connectivity index (χ2n) is 6.06. The van der Waals surface area contributed by atoms with Crippen LogP contribution in [0.3, 0.4) is 0 Å². The Hall–Kier alpha value is -1.33. The molecule has 4 nitrogen and oxygen atoms in total. The van der Waals surface area contributed by atoms with Crippen LogP contribution in [-0.2, 0) is 11.2 Å². The smallest absolute Gasteiger partial charge is 1.00 e. The standard InChI is InChI=1S/C19H20O4.Na.H/c1-12(14-5-3-2-4-6-14)16-11-23-17-9-13(10-18(20)21)7-8-15(17)19(16)22;;/h2-9,12,16,19,22H,10-11H2,1H3,(H,20,21);;/q;+1;-1. The Balaban J connectivity index is 0.00000156. The van der Waals surface area contributed by atoms with Crippen molar-refractivity contribution < 1.29 is 50.7 Å². The van der Waals surface area contributed by atoms with E-state index < -0.39 is 12.1 Å². The van der Waals surface area contributed by atoms with Crippen LogP contribution in [0.25, 0.3) is 0 Å². The van der Waals surface area contributed by atoms with E-state index in [0.29, 0.717) is 17.9 Å². The van der Waals surface area contributed by atoms with Crippen molar-refractivity contribution in [3.8, 4) is 5.75 Å². The summed E-state index contributed by atoms with van der Waals surface area (Å²) in [6.45, 7) is 2.51. The molecular weight excluding hydrogens is 315 g/mol. The van der Waals surface area contributed by atoms with Crippen molar-refractivity contribution in [1.82, 2.24) is 0 Å². The Morgan fingerprint density at radius 1 is 1.29 bits per heavy atom. The van der Waals surface area contributed by atoms with E-state index in [1.54, 1.807) is 18.2 Å². The van der Waals surface area contributed by atoms with Crippen molar-refractivity contribution in [3.63, 3.8) is 0 Å². The average molecular weight is 336 g/mol. The summed E-state index contributed by atoms with van der Waals surface area (Å²) in [5.74, 6) is -0.155. The third-order valence-electron chi connectivity index (χ3n) is 4.56. The number of ether oxygens (including phenoxy) is 1. The second kappa shape index (κ2) is 8.17. The van der Waals surface area contributed by atoms with Gasteiger partial charge in [0.15, 0.2) is 0 Å². The Kier molecular flexibility index (Phi) is 6.47. The van der Waals surface area contributed by atoms with Crippen LogP contribution in [0, 0.1) is 5.92 Å². The average Bonchev–Trinajstić information content (AvgIpc) is 2.55. The van der Waals surface area contributed by atoms with Gasteiger partial charge in [-0.25, -0.2) is 0 Å². The summed E-state index contributed by atoms with van der Waals surface area (Å²) in [5.41, 5.74) is 2.59. The van der Waals surface area contributed by atoms with Gasteiger partial charge < -0.3 is 16.4 Å². The maximum atomic E-state index is 10.8. The number of benzene rings is 2. The summed E-state index contributed by atoms with van der Waals surface area (Å²) < 4.78 is 5.82. The molecule has 0 aromatic heterocycles. The van der Waals surface area contributed by atoms with E-state index in [9.17, 15) is 9.90 Å². The summed E-state index contributed by atoms with van der Waals surface area (Å²) in [7, 11) is 0. The fourth-order valence-electron chi connectivity index (χ4n) is 3.16. The number of carboxylic acids is 1. The molecule has 122 valence electrons. The number of carbonyl (C=O) groups is 1. The van der Waals surface area contributed by atoms with Crippen LogP contribution in [0.15, 0.2) is 48.5 Å². The fraction of sp³-hybridized carbons (Fsp3) is 0.316. The number of carboxylic acid groups (broad SMARTS) is 1. The van der Waals surface area contributed by atoms with Crippen LogP contribution < -0.4 is 34.3 Å². The summed E-state index contributed by atoms with van der Waals surface area (Å²) >= 11 is 0. The summed E-state index contributed by atoms with van der Waals surface area (Å²) in [5, 5.41) is 19.6. The molecule has 2 aromatic rings. The number of aliphatic hydroxyl groups is 1. The summed E-state index contributed by atoms with van der Waals surface area (Å²) in [6, 6.07) is 15.3. The van der Waals surface area contributed by atoms with Gasteiger partial charge in [-0.2, -0.15) is 0 Å². The number of aliphatic hydroxyl groups excluding tert-OH is 1. The third kappa shape index (κ3) is 4.01. The van der Waals surface area contributed by atoms with E-state index in [4.69, 9.17) is 9.84 Å². The van der Waals surface area contributed by atoms with Crippen molar-refractivity contribution in [2.24, 2.45) is 5.92 Å². The largest absolute Gasteiger partial charge is 1.00 e. The van der Waals surface area contributed by atoms with Gasteiger partial charge in [0.2, 0.25) is 0 Å². The zero-order chi connectivity index (χ0) is 16.4. The van der Waals surface area contributed by atoms with Crippen LogP contribution in [-0.4, -0.2) is 22.8 Å². The third-order valence-corrected chi connectivity index (χ3v) is 4.56. The van der Waals surface area contributed by atoms with E-state index in [0.717, 1.165) is 5.56 Å². The molecule has 2 aromatic carbocycles. The Labute approximate surface area is 165 Å². The SMILES string of the molecule is CC(c1ccccc1)C1COc2cc(CC(=O)O)ccc2C1O.[H-].[Na+]. The maximum absolute atomic E-state index is 10.8. The number of fused-ring (bicyclic) bond motifs is 1. The zero-order valence-electron chi connectivity index (χ0n) is 15.0. The van der Waals surface area contributed by atoms with Gasteiger partial charge in [-0.3, -0.25) is 4.79 Å². The molecule has 0 spiro atoms. The van der Waals surface area contributed by atoms with Crippen molar-refractivity contribution in [1.29, 1.82) is 0 Å². The maximum Gasteiger partial charge on any atom is 1.00 e. The molecule has 2 N–H and O–H groups in total. The molecule has 5 heteroatoms. The van der Waals surface area contributed by atoms with Gasteiger partial charge in [-0.1, -0.05) is 49.4 Å². The first kappa shape index (κ1) is 19.0. The Morgan fingerprint density at radius 3 is 2.67 bits per heavy atom. The monoisotopic (exact) mass is 336 g/mol. The molecule has 0 aliphatic carbocycles. The van der Waals surface area contributed by atoms with Crippen molar-refractivity contribution in [2.45, 2.75) is 25.4 Å². The summed E-state index contributed by atoms with van der Waals surface area (Å²) in [6.07, 6.45) is -0.663. The molecule has 3 rings (SSSR count).